The Hall–Kier alpha value is -2.12. The van der Waals surface area contributed by atoms with Crippen molar-refractivity contribution < 1.29 is 9.90 Å². The van der Waals surface area contributed by atoms with E-state index in [1.165, 1.54) is 0 Å². The van der Waals surface area contributed by atoms with Crippen LogP contribution in [0.15, 0.2) is 36.9 Å². The lowest BCUT2D eigenvalue weighted by atomic mass is 9.82. The Labute approximate surface area is 138 Å². The van der Waals surface area contributed by atoms with Crippen molar-refractivity contribution in [2.45, 2.75) is 50.7 Å². The van der Waals surface area contributed by atoms with Crippen LogP contribution in [0.5, 0.6) is 0 Å². The zero-order chi connectivity index (χ0) is 16.7. The molecule has 4 heteroatoms. The molecule has 1 aromatic carbocycles. The van der Waals surface area contributed by atoms with Gasteiger partial charge < -0.3 is 10.0 Å². The summed E-state index contributed by atoms with van der Waals surface area (Å²) in [7, 11) is 0. The molecule has 1 fully saturated rings. The summed E-state index contributed by atoms with van der Waals surface area (Å²) < 4.78 is 0. The van der Waals surface area contributed by atoms with Gasteiger partial charge in [-0.2, -0.15) is 5.26 Å². The molecule has 1 aliphatic carbocycles. The Morgan fingerprint density at radius 1 is 1.30 bits per heavy atom. The van der Waals surface area contributed by atoms with E-state index in [0.717, 1.165) is 24.8 Å². The number of aliphatic hydroxyl groups is 1. The fourth-order valence-corrected chi connectivity index (χ4v) is 3.10. The summed E-state index contributed by atoms with van der Waals surface area (Å²) >= 11 is 0. The minimum Gasteiger partial charge on any atom is -0.389 e. The van der Waals surface area contributed by atoms with Gasteiger partial charge in [-0.25, -0.2) is 0 Å². The van der Waals surface area contributed by atoms with Crippen LogP contribution in [0.4, 0.5) is 0 Å². The van der Waals surface area contributed by atoms with Crippen molar-refractivity contribution in [3.63, 3.8) is 0 Å². The van der Waals surface area contributed by atoms with Gasteiger partial charge >= 0.3 is 0 Å². The van der Waals surface area contributed by atoms with E-state index in [4.69, 9.17) is 5.26 Å². The number of rotatable bonds is 6. The summed E-state index contributed by atoms with van der Waals surface area (Å²) in [4.78, 5) is 14.3. The Bertz CT molecular complexity index is 580. The second-order valence-electron chi connectivity index (χ2n) is 6.33. The minimum absolute atomic E-state index is 0.0429. The van der Waals surface area contributed by atoms with Gasteiger partial charge in [-0.05, 0) is 30.5 Å². The number of benzene rings is 1. The molecular weight excluding hydrogens is 288 g/mol. The third-order valence-electron chi connectivity index (χ3n) is 4.42. The number of amides is 1. The fourth-order valence-electron chi connectivity index (χ4n) is 3.10. The molecule has 0 aliphatic heterocycles. The molecule has 0 heterocycles. The van der Waals surface area contributed by atoms with E-state index < -0.39 is 5.60 Å². The Kier molecular flexibility index (Phi) is 5.95. The number of carbonyl (C=O) groups excluding carboxylic acids is 1. The molecule has 0 bridgehead atoms. The van der Waals surface area contributed by atoms with Gasteiger partial charge in [0.15, 0.2) is 0 Å². The molecule has 1 saturated carbocycles. The standard InChI is InChI=1S/C19H24N2O2/c1-2-12-21(15-17-8-6-16(14-20)7-9-17)18(22)13-19(23)10-4-3-5-11-19/h2,6-9,23H,1,3-5,10-13,15H2. The molecule has 0 radical (unpaired) electrons. The summed E-state index contributed by atoms with van der Waals surface area (Å²) in [5, 5.41) is 19.4. The monoisotopic (exact) mass is 312 g/mol. The van der Waals surface area contributed by atoms with Gasteiger partial charge in [0.2, 0.25) is 5.91 Å². The van der Waals surface area contributed by atoms with Crippen molar-refractivity contribution in [1.82, 2.24) is 4.90 Å². The summed E-state index contributed by atoms with van der Waals surface area (Å²) in [5.41, 5.74) is 0.723. The number of nitrogens with zero attached hydrogens (tertiary/aromatic N) is 2. The van der Waals surface area contributed by atoms with Crippen LogP contribution in [0.25, 0.3) is 0 Å². The Morgan fingerprint density at radius 3 is 2.52 bits per heavy atom. The van der Waals surface area contributed by atoms with Crippen molar-refractivity contribution in [2.75, 3.05) is 6.54 Å². The first kappa shape index (κ1) is 17.2. The van der Waals surface area contributed by atoms with Crippen molar-refractivity contribution in [2.24, 2.45) is 0 Å². The predicted octanol–water partition coefficient (Wildman–Crippen LogP) is 3.16. The van der Waals surface area contributed by atoms with E-state index in [9.17, 15) is 9.90 Å². The second-order valence-corrected chi connectivity index (χ2v) is 6.33. The minimum atomic E-state index is -0.848. The van der Waals surface area contributed by atoms with E-state index >= 15 is 0 Å². The third-order valence-corrected chi connectivity index (χ3v) is 4.42. The van der Waals surface area contributed by atoms with Crippen LogP contribution < -0.4 is 0 Å². The summed E-state index contributed by atoms with van der Waals surface area (Å²) in [6.45, 7) is 4.63. The van der Waals surface area contributed by atoms with Gasteiger partial charge in [0.1, 0.15) is 0 Å². The smallest absolute Gasteiger partial charge is 0.226 e. The number of nitriles is 1. The fraction of sp³-hybridized carbons (Fsp3) is 0.474. The Balaban J connectivity index is 2.02. The average Bonchev–Trinajstić information content (AvgIpc) is 2.55. The maximum absolute atomic E-state index is 12.6. The van der Waals surface area contributed by atoms with E-state index in [2.05, 4.69) is 12.6 Å². The summed E-state index contributed by atoms with van der Waals surface area (Å²) in [5.74, 6) is -0.0429. The van der Waals surface area contributed by atoms with Crippen molar-refractivity contribution in [3.05, 3.63) is 48.0 Å². The highest BCUT2D eigenvalue weighted by atomic mass is 16.3. The van der Waals surface area contributed by atoms with Gasteiger partial charge in [-0.1, -0.05) is 37.5 Å². The molecule has 1 N–H and O–H groups in total. The summed E-state index contributed by atoms with van der Waals surface area (Å²) in [6, 6.07) is 9.30. The van der Waals surface area contributed by atoms with Crippen LogP contribution in [-0.2, 0) is 11.3 Å². The number of carbonyl (C=O) groups is 1. The largest absolute Gasteiger partial charge is 0.389 e. The molecule has 0 atom stereocenters. The molecule has 122 valence electrons. The van der Waals surface area contributed by atoms with Crippen LogP contribution in [-0.4, -0.2) is 28.1 Å². The van der Waals surface area contributed by atoms with Gasteiger partial charge in [-0.15, -0.1) is 6.58 Å². The van der Waals surface area contributed by atoms with Gasteiger partial charge in [0.25, 0.3) is 0 Å². The molecule has 0 unspecified atom stereocenters. The highest BCUT2D eigenvalue weighted by Gasteiger charge is 2.33. The quantitative estimate of drug-likeness (QED) is 0.821. The van der Waals surface area contributed by atoms with Gasteiger partial charge in [-0.3, -0.25) is 4.79 Å². The normalized spacial score (nSPS) is 16.3. The van der Waals surface area contributed by atoms with E-state index in [1.54, 1.807) is 23.1 Å². The molecule has 0 saturated heterocycles. The lowest BCUT2D eigenvalue weighted by Crippen LogP contribution is -2.40. The molecule has 4 nitrogen and oxygen atoms in total. The van der Waals surface area contributed by atoms with Crippen LogP contribution in [0.3, 0.4) is 0 Å². The molecule has 2 rings (SSSR count). The van der Waals surface area contributed by atoms with Gasteiger partial charge in [0.05, 0.1) is 23.7 Å². The van der Waals surface area contributed by atoms with Crippen LogP contribution in [0.2, 0.25) is 0 Å². The molecular formula is C19H24N2O2. The highest BCUT2D eigenvalue weighted by molar-refractivity contribution is 5.77. The SMILES string of the molecule is C=CCN(Cc1ccc(C#N)cc1)C(=O)CC1(O)CCCCC1. The predicted molar refractivity (Wildman–Crippen MR) is 89.4 cm³/mol. The topological polar surface area (TPSA) is 64.3 Å². The van der Waals surface area contributed by atoms with E-state index in [1.807, 2.05) is 12.1 Å². The summed E-state index contributed by atoms with van der Waals surface area (Å²) in [6.07, 6.45) is 6.40. The number of hydrogen-bond donors (Lipinski definition) is 1. The third kappa shape index (κ3) is 4.94. The van der Waals surface area contributed by atoms with Crippen LogP contribution >= 0.6 is 0 Å². The molecule has 0 aromatic heterocycles. The van der Waals surface area contributed by atoms with E-state index in [-0.39, 0.29) is 12.3 Å². The highest BCUT2D eigenvalue weighted by Crippen LogP contribution is 2.31. The van der Waals surface area contributed by atoms with Crippen molar-refractivity contribution in [3.8, 4) is 6.07 Å². The number of hydrogen-bond acceptors (Lipinski definition) is 3. The van der Waals surface area contributed by atoms with Gasteiger partial charge in [0, 0.05) is 13.1 Å². The second kappa shape index (κ2) is 7.94. The first-order chi connectivity index (χ1) is 11.1. The Morgan fingerprint density at radius 2 is 1.96 bits per heavy atom. The maximum atomic E-state index is 12.6. The average molecular weight is 312 g/mol. The zero-order valence-electron chi connectivity index (χ0n) is 13.5. The molecule has 1 aliphatic rings. The van der Waals surface area contributed by atoms with Crippen molar-refractivity contribution >= 4 is 5.91 Å². The molecule has 1 amide bonds. The lowest BCUT2D eigenvalue weighted by molar-refractivity contribution is -0.137. The van der Waals surface area contributed by atoms with Crippen molar-refractivity contribution in [1.29, 1.82) is 5.26 Å². The molecule has 1 aromatic rings. The maximum Gasteiger partial charge on any atom is 0.226 e. The zero-order valence-corrected chi connectivity index (χ0v) is 13.5. The first-order valence-corrected chi connectivity index (χ1v) is 8.16. The van der Waals surface area contributed by atoms with Crippen LogP contribution in [0, 0.1) is 11.3 Å². The lowest BCUT2D eigenvalue weighted by Gasteiger charge is -2.33. The van der Waals surface area contributed by atoms with E-state index in [0.29, 0.717) is 31.5 Å². The first-order valence-electron chi connectivity index (χ1n) is 8.16. The van der Waals surface area contributed by atoms with Crippen LogP contribution in [0.1, 0.15) is 49.7 Å². The molecule has 23 heavy (non-hydrogen) atoms. The molecule has 0 spiro atoms.